The molecule has 1 aromatic heterocycles. The van der Waals surface area contributed by atoms with Crippen molar-refractivity contribution in [3.63, 3.8) is 0 Å². The molecular formula is C20H22IrNO2-. The third-order valence-electron chi connectivity index (χ3n) is 3.16. The Morgan fingerprint density at radius 3 is 1.96 bits per heavy atom. The minimum atomic E-state index is 0. The van der Waals surface area contributed by atoms with Crippen LogP contribution in [0.5, 0.6) is 0 Å². The molecule has 0 bridgehead atoms. The molecule has 0 aliphatic carbocycles. The predicted octanol–water partition coefficient (Wildman–Crippen LogP) is 3.74. The summed E-state index contributed by atoms with van der Waals surface area (Å²) in [6.07, 6.45) is 0. The van der Waals surface area contributed by atoms with Crippen LogP contribution >= 0.6 is 0 Å². The van der Waals surface area contributed by atoms with Crippen molar-refractivity contribution in [1.82, 2.24) is 4.98 Å². The van der Waals surface area contributed by atoms with Crippen molar-refractivity contribution < 1.29 is 30.3 Å². The molecule has 0 saturated heterocycles. The molecule has 0 unspecified atom stereocenters. The van der Waals surface area contributed by atoms with Crippen molar-refractivity contribution in [1.29, 1.82) is 0 Å². The van der Waals surface area contributed by atoms with Crippen molar-refractivity contribution in [2.24, 2.45) is 0 Å². The summed E-state index contributed by atoms with van der Waals surface area (Å²) in [6.45, 7) is 2.05. The van der Waals surface area contributed by atoms with Crippen LogP contribution in [0.3, 0.4) is 0 Å². The van der Waals surface area contributed by atoms with Crippen LogP contribution in [0.15, 0.2) is 66.7 Å². The first kappa shape index (κ1) is 22.2. The maximum absolute atomic E-state index is 7.00. The Morgan fingerprint density at radius 1 is 0.792 bits per heavy atom. The zero-order valence-electron chi connectivity index (χ0n) is 14.0. The van der Waals surface area contributed by atoms with Crippen LogP contribution in [0.1, 0.15) is 5.69 Å². The number of hydrogen-bond donors (Lipinski definition) is 2. The number of hydrogen-bond acceptors (Lipinski definition) is 3. The van der Waals surface area contributed by atoms with E-state index in [1.165, 1.54) is 11.1 Å². The zero-order valence-corrected chi connectivity index (χ0v) is 16.4. The number of aryl methyl sites for hydroxylation is 1. The van der Waals surface area contributed by atoms with Gasteiger partial charge in [-0.15, -0.1) is 35.9 Å². The van der Waals surface area contributed by atoms with Crippen LogP contribution in [0.25, 0.3) is 22.4 Å². The first-order valence-corrected chi connectivity index (χ1v) is 7.24. The van der Waals surface area contributed by atoms with Crippen LogP contribution in [-0.2, 0) is 20.1 Å². The number of aliphatic hydroxyl groups excluding tert-OH is 2. The molecule has 24 heavy (non-hydrogen) atoms. The summed E-state index contributed by atoms with van der Waals surface area (Å²) >= 11 is 0. The Hall–Kier alpha value is -1.84. The van der Waals surface area contributed by atoms with Gasteiger partial charge in [-0.1, -0.05) is 42.5 Å². The van der Waals surface area contributed by atoms with Crippen LogP contribution < -0.4 is 0 Å². The molecular weight excluding hydrogens is 478 g/mol. The maximum Gasteiger partial charge on any atom is 0.0344 e. The molecule has 2 N–H and O–H groups in total. The van der Waals surface area contributed by atoms with E-state index >= 15 is 0 Å². The van der Waals surface area contributed by atoms with Crippen LogP contribution in [0, 0.1) is 13.0 Å². The van der Waals surface area contributed by atoms with E-state index in [0.717, 1.165) is 31.2 Å². The van der Waals surface area contributed by atoms with Gasteiger partial charge in [-0.3, -0.25) is 0 Å². The first-order chi connectivity index (χ1) is 11.3. The van der Waals surface area contributed by atoms with Gasteiger partial charge in [-0.05, 0) is 18.2 Å². The van der Waals surface area contributed by atoms with Crippen molar-refractivity contribution >= 4 is 0 Å². The van der Waals surface area contributed by atoms with Gasteiger partial charge in [-0.25, -0.2) is 0 Å². The summed E-state index contributed by atoms with van der Waals surface area (Å²) in [6, 6.07) is 25.7. The molecule has 3 rings (SSSR count). The van der Waals surface area contributed by atoms with E-state index in [4.69, 9.17) is 10.2 Å². The van der Waals surface area contributed by atoms with E-state index in [2.05, 4.69) is 42.2 Å². The van der Waals surface area contributed by atoms with Gasteiger partial charge in [0.25, 0.3) is 0 Å². The van der Waals surface area contributed by atoms with Gasteiger partial charge in [0.05, 0.1) is 0 Å². The summed E-state index contributed by atoms with van der Waals surface area (Å²) in [5.41, 5.74) is 5.43. The second kappa shape index (κ2) is 12.6. The molecule has 0 aliphatic heterocycles. The van der Waals surface area contributed by atoms with E-state index < -0.39 is 0 Å². The summed E-state index contributed by atoms with van der Waals surface area (Å²) in [5.74, 6) is 0. The first-order valence-electron chi connectivity index (χ1n) is 7.24. The summed E-state index contributed by atoms with van der Waals surface area (Å²) < 4.78 is 0. The number of aliphatic hydroxyl groups is 2. The monoisotopic (exact) mass is 501 g/mol. The van der Waals surface area contributed by atoms with Gasteiger partial charge < -0.3 is 15.2 Å². The third-order valence-corrected chi connectivity index (χ3v) is 3.16. The normalized spacial score (nSPS) is 8.71. The van der Waals surface area contributed by atoms with E-state index in [0.29, 0.717) is 0 Å². The van der Waals surface area contributed by atoms with Crippen molar-refractivity contribution in [3.05, 3.63) is 78.5 Å². The Balaban J connectivity index is 0.000000987. The summed E-state index contributed by atoms with van der Waals surface area (Å²) in [7, 11) is 2.00. The fourth-order valence-electron chi connectivity index (χ4n) is 2.19. The Morgan fingerprint density at radius 2 is 1.42 bits per heavy atom. The van der Waals surface area contributed by atoms with Gasteiger partial charge in [-0.2, -0.15) is 0 Å². The summed E-state index contributed by atoms with van der Waals surface area (Å²) in [5, 5.41) is 14.0. The van der Waals surface area contributed by atoms with E-state index in [1.807, 2.05) is 42.5 Å². The van der Waals surface area contributed by atoms with Gasteiger partial charge in [0, 0.05) is 45.6 Å². The number of benzene rings is 2. The average Bonchev–Trinajstić information content (AvgIpc) is 2.66. The second-order valence-corrected chi connectivity index (χ2v) is 4.47. The molecule has 1 heterocycles. The molecule has 0 spiro atoms. The van der Waals surface area contributed by atoms with Gasteiger partial charge in [0.1, 0.15) is 0 Å². The Kier molecular flexibility index (Phi) is 11.6. The third kappa shape index (κ3) is 5.99. The number of nitrogens with zero attached hydrogens (tertiary/aromatic N) is 1. The largest absolute Gasteiger partial charge is 0.400 e. The van der Waals surface area contributed by atoms with Gasteiger partial charge >= 0.3 is 0 Å². The Labute approximate surface area is 157 Å². The molecule has 4 heteroatoms. The predicted molar refractivity (Wildman–Crippen MR) is 95.0 cm³/mol. The standard InChI is InChI=1S/C18H14N.2CH4O.Ir/c1-14-17(15-8-4-2-5-9-15)12-13-18(19-14)16-10-6-3-7-11-16;2*1-2;/h2-10,12-13H,1H3;2*2H,1H3;/q-1;;;. The molecule has 3 aromatic rings. The van der Waals surface area contributed by atoms with Crippen LogP contribution in [0.2, 0.25) is 0 Å². The fourth-order valence-corrected chi connectivity index (χ4v) is 2.19. The van der Waals surface area contributed by atoms with Crippen molar-refractivity contribution in [3.8, 4) is 22.4 Å². The Bertz CT molecular complexity index is 689. The molecule has 2 aromatic carbocycles. The second-order valence-electron chi connectivity index (χ2n) is 4.47. The van der Waals surface area contributed by atoms with E-state index in [9.17, 15) is 0 Å². The quantitative estimate of drug-likeness (QED) is 0.528. The minimum Gasteiger partial charge on any atom is -0.400 e. The van der Waals surface area contributed by atoms with Crippen LogP contribution in [-0.4, -0.2) is 29.4 Å². The fraction of sp³-hybridized carbons (Fsp3) is 0.150. The SMILES string of the molecule is CO.CO.Cc1nc(-c2[c-]cccc2)ccc1-c1ccccc1.[Ir]. The zero-order chi connectivity index (χ0) is 17.1. The molecule has 3 nitrogen and oxygen atoms in total. The van der Waals surface area contributed by atoms with Crippen molar-refractivity contribution in [2.45, 2.75) is 6.92 Å². The van der Waals surface area contributed by atoms with Gasteiger partial charge in [0.15, 0.2) is 0 Å². The minimum absolute atomic E-state index is 0. The van der Waals surface area contributed by atoms with E-state index in [-0.39, 0.29) is 20.1 Å². The molecule has 0 atom stereocenters. The average molecular weight is 501 g/mol. The number of rotatable bonds is 2. The smallest absolute Gasteiger partial charge is 0.0344 e. The summed E-state index contributed by atoms with van der Waals surface area (Å²) in [4.78, 5) is 4.69. The number of pyridine rings is 1. The molecule has 0 amide bonds. The van der Waals surface area contributed by atoms with E-state index in [1.54, 1.807) is 0 Å². The molecule has 0 fully saturated rings. The number of aromatic nitrogens is 1. The maximum atomic E-state index is 7.00. The van der Waals surface area contributed by atoms with Crippen LogP contribution in [0.4, 0.5) is 0 Å². The molecule has 1 radical (unpaired) electrons. The molecule has 129 valence electrons. The molecule has 0 saturated carbocycles. The van der Waals surface area contributed by atoms with Gasteiger partial charge in [0.2, 0.25) is 0 Å². The molecule has 0 aliphatic rings. The van der Waals surface area contributed by atoms with Crippen molar-refractivity contribution in [2.75, 3.05) is 14.2 Å². The topological polar surface area (TPSA) is 53.4 Å².